The summed E-state index contributed by atoms with van der Waals surface area (Å²) < 4.78 is 25.6. The summed E-state index contributed by atoms with van der Waals surface area (Å²) in [4.78, 5) is 17.8. The summed E-state index contributed by atoms with van der Waals surface area (Å²) in [6.45, 7) is 0.330. The van der Waals surface area contributed by atoms with Crippen molar-refractivity contribution in [2.24, 2.45) is 0 Å². The first kappa shape index (κ1) is 41.4. The zero-order chi connectivity index (χ0) is 42.8. The highest BCUT2D eigenvalue weighted by molar-refractivity contribution is 7.99. The molecule has 9 rings (SSSR count). The van der Waals surface area contributed by atoms with Crippen molar-refractivity contribution in [1.29, 1.82) is 0 Å². The van der Waals surface area contributed by atoms with Crippen molar-refractivity contribution in [3.05, 3.63) is 210 Å². The zero-order valence-electron chi connectivity index (χ0n) is 34.3. The van der Waals surface area contributed by atoms with Crippen molar-refractivity contribution in [2.75, 3.05) is 11.1 Å². The second-order valence-electron chi connectivity index (χ2n) is 15.1. The van der Waals surface area contributed by atoms with E-state index in [1.807, 2.05) is 164 Å². The molecule has 63 heavy (non-hydrogen) atoms. The average Bonchev–Trinajstić information content (AvgIpc) is 3.79. The van der Waals surface area contributed by atoms with Gasteiger partial charge in [-0.15, -0.1) is 0 Å². The molecule has 7 aromatic carbocycles. The molecule has 2 amide bonds. The molecule has 3 unspecified atom stereocenters. The zero-order valence-corrected chi connectivity index (χ0v) is 35.1. The largest absolute Gasteiger partial charge is 0.457 e. The van der Waals surface area contributed by atoms with Crippen LogP contribution in [0.15, 0.2) is 198 Å². The highest BCUT2D eigenvalue weighted by Gasteiger charge is 2.33. The van der Waals surface area contributed by atoms with Crippen molar-refractivity contribution < 1.29 is 28.5 Å². The van der Waals surface area contributed by atoms with Crippen molar-refractivity contribution in [3.63, 3.8) is 0 Å². The van der Waals surface area contributed by atoms with Gasteiger partial charge in [-0.3, -0.25) is 0 Å². The summed E-state index contributed by atoms with van der Waals surface area (Å²) in [7, 11) is 0. The minimum atomic E-state index is -0.619. The highest BCUT2D eigenvalue weighted by atomic mass is 32.2. The van der Waals surface area contributed by atoms with Crippen molar-refractivity contribution in [3.8, 4) is 45.2 Å². The predicted molar refractivity (Wildman–Crippen MR) is 247 cm³/mol. The molecule has 1 saturated heterocycles. The van der Waals surface area contributed by atoms with Crippen LogP contribution in [0, 0.1) is 0 Å². The first-order valence-corrected chi connectivity index (χ1v) is 21.8. The molecule has 8 aromatic rings. The minimum Gasteiger partial charge on any atom is -0.457 e. The Balaban J connectivity index is 0.860. The van der Waals surface area contributed by atoms with Gasteiger partial charge in [0, 0.05) is 41.1 Å². The lowest BCUT2D eigenvalue weighted by atomic mass is 9.99. The molecule has 1 aliphatic heterocycles. The first-order valence-electron chi connectivity index (χ1n) is 20.8. The Morgan fingerprint density at radius 3 is 2.02 bits per heavy atom. The van der Waals surface area contributed by atoms with Gasteiger partial charge in [0.15, 0.2) is 12.1 Å². The average molecular weight is 852 g/mol. The van der Waals surface area contributed by atoms with Gasteiger partial charge in [0.1, 0.15) is 17.2 Å². The number of benzene rings is 7. The Bertz CT molecular complexity index is 2660. The summed E-state index contributed by atoms with van der Waals surface area (Å²) in [5.41, 5.74) is 9.19. The fraction of sp³-hybridized carbons (Fsp3) is 0.132. The standard InChI is InChI=1S/C53H45N3O6S/c57-34-36-19-21-39(22-20-36)48-32-47(35-63-53-56-49(40-12-4-1-5-13-40)50(62-53)41-14-6-2-7-15-41)60-51(61-48)42-25-23-38(24-26-42)43-16-10-11-37(31-43)33-54-52(58)55-44-27-29-46(30-28-44)59-45-17-8-3-9-18-45/h1-31,47-48,51,57H,32-35H2,(H2,54,55,58). The molecule has 1 fully saturated rings. The minimum absolute atomic E-state index is 0.0222. The van der Waals surface area contributed by atoms with E-state index in [1.54, 1.807) is 0 Å². The molecule has 0 bridgehead atoms. The number of para-hydroxylation sites is 1. The van der Waals surface area contributed by atoms with Crippen molar-refractivity contribution in [2.45, 2.75) is 43.3 Å². The second-order valence-corrected chi connectivity index (χ2v) is 16.1. The van der Waals surface area contributed by atoms with Gasteiger partial charge in [0.05, 0.1) is 18.8 Å². The molecular formula is C53H45N3O6S. The molecule has 2 heterocycles. The number of aliphatic hydroxyl groups excluding tert-OH is 1. The Morgan fingerprint density at radius 1 is 0.651 bits per heavy atom. The Hall–Kier alpha value is -6.95. The smallest absolute Gasteiger partial charge is 0.319 e. The summed E-state index contributed by atoms with van der Waals surface area (Å²) in [6.07, 6.45) is -0.405. The number of aromatic nitrogens is 1. The maximum atomic E-state index is 12.8. The monoisotopic (exact) mass is 851 g/mol. The van der Waals surface area contributed by atoms with Crippen LogP contribution < -0.4 is 15.4 Å². The van der Waals surface area contributed by atoms with Gasteiger partial charge in [0.25, 0.3) is 5.22 Å². The number of oxazole rings is 1. The molecule has 9 nitrogen and oxygen atoms in total. The first-order chi connectivity index (χ1) is 31.0. The molecule has 10 heteroatoms. The number of aliphatic hydroxyl groups is 1. The van der Waals surface area contributed by atoms with Crippen molar-refractivity contribution in [1.82, 2.24) is 10.3 Å². The van der Waals surface area contributed by atoms with Gasteiger partial charge in [-0.25, -0.2) is 9.78 Å². The molecule has 314 valence electrons. The van der Waals surface area contributed by atoms with E-state index in [0.29, 0.717) is 35.4 Å². The van der Waals surface area contributed by atoms with Crippen LogP contribution in [0.5, 0.6) is 11.5 Å². The lowest BCUT2D eigenvalue weighted by Crippen LogP contribution is -2.31. The molecule has 1 aromatic heterocycles. The number of hydrogen-bond acceptors (Lipinski definition) is 8. The molecule has 0 saturated carbocycles. The number of amides is 2. The van der Waals surface area contributed by atoms with Crippen molar-refractivity contribution >= 4 is 23.5 Å². The molecule has 0 aliphatic carbocycles. The van der Waals surface area contributed by atoms with Gasteiger partial charge in [-0.1, -0.05) is 157 Å². The lowest BCUT2D eigenvalue weighted by Gasteiger charge is -2.36. The molecule has 0 radical (unpaired) electrons. The number of ether oxygens (including phenoxy) is 3. The van der Waals surface area contributed by atoms with Gasteiger partial charge in [-0.2, -0.15) is 0 Å². The van der Waals surface area contributed by atoms with E-state index in [9.17, 15) is 9.90 Å². The van der Waals surface area contributed by atoms with Crippen LogP contribution in [0.2, 0.25) is 0 Å². The van der Waals surface area contributed by atoms with Crippen LogP contribution in [0.1, 0.15) is 41.1 Å². The number of thioether (sulfide) groups is 1. The molecule has 0 spiro atoms. The van der Waals surface area contributed by atoms with Gasteiger partial charge >= 0.3 is 6.03 Å². The third kappa shape index (κ3) is 10.6. The topological polar surface area (TPSA) is 115 Å². The number of rotatable bonds is 14. The number of anilines is 1. The third-order valence-corrected chi connectivity index (χ3v) is 11.6. The van der Waals surface area contributed by atoms with Gasteiger partial charge in [-0.05, 0) is 70.3 Å². The fourth-order valence-electron chi connectivity index (χ4n) is 7.41. The number of carbonyl (C=O) groups excluding carboxylic acids is 1. The SMILES string of the molecule is O=C(NCc1cccc(-c2ccc(C3OC(CSc4nc(-c5ccccc5)c(-c5ccccc5)o4)CC(c4ccc(CO)cc4)O3)cc2)c1)Nc1ccc(Oc2ccccc2)cc1. The third-order valence-electron chi connectivity index (χ3n) is 10.7. The molecule has 3 N–H and O–H groups in total. The van der Waals surface area contributed by atoms with E-state index >= 15 is 0 Å². The van der Waals surface area contributed by atoms with Gasteiger partial charge < -0.3 is 34.4 Å². The summed E-state index contributed by atoms with van der Waals surface area (Å²) in [5, 5.41) is 16.1. The Labute approximate surface area is 370 Å². The second kappa shape index (κ2) is 19.8. The van der Waals surface area contributed by atoms with Crippen LogP contribution in [-0.4, -0.2) is 28.0 Å². The van der Waals surface area contributed by atoms with Crippen LogP contribution >= 0.6 is 11.8 Å². The van der Waals surface area contributed by atoms with Crippen LogP contribution in [-0.2, 0) is 22.6 Å². The normalized spacial score (nSPS) is 16.0. The molecular weight excluding hydrogens is 807 g/mol. The Kier molecular flexibility index (Phi) is 13.0. The van der Waals surface area contributed by atoms with Crippen LogP contribution in [0.25, 0.3) is 33.7 Å². The highest BCUT2D eigenvalue weighted by Crippen LogP contribution is 2.41. The van der Waals surface area contributed by atoms with E-state index < -0.39 is 6.29 Å². The van der Waals surface area contributed by atoms with E-state index in [2.05, 4.69) is 34.9 Å². The number of nitrogens with zero attached hydrogens (tertiary/aromatic N) is 1. The maximum Gasteiger partial charge on any atom is 0.319 e. The number of hydrogen-bond donors (Lipinski definition) is 3. The summed E-state index contributed by atoms with van der Waals surface area (Å²) in [6, 6.07) is 60.9. The van der Waals surface area contributed by atoms with Crippen LogP contribution in [0.4, 0.5) is 10.5 Å². The van der Waals surface area contributed by atoms with Crippen LogP contribution in [0.3, 0.4) is 0 Å². The predicted octanol–water partition coefficient (Wildman–Crippen LogP) is 12.6. The maximum absolute atomic E-state index is 12.8. The van der Waals surface area contributed by atoms with E-state index in [4.69, 9.17) is 23.6 Å². The van der Waals surface area contributed by atoms with E-state index in [-0.39, 0.29) is 24.8 Å². The number of nitrogens with one attached hydrogen (secondary N) is 2. The molecule has 1 aliphatic rings. The summed E-state index contributed by atoms with van der Waals surface area (Å²) in [5.74, 6) is 2.76. The number of carbonyl (C=O) groups is 1. The number of urea groups is 1. The Morgan fingerprint density at radius 2 is 1.30 bits per heavy atom. The van der Waals surface area contributed by atoms with E-state index in [1.165, 1.54) is 11.8 Å². The lowest BCUT2D eigenvalue weighted by molar-refractivity contribution is -0.245. The quantitative estimate of drug-likeness (QED) is 0.0927. The summed E-state index contributed by atoms with van der Waals surface area (Å²) >= 11 is 1.53. The van der Waals surface area contributed by atoms with E-state index in [0.717, 1.165) is 61.7 Å². The van der Waals surface area contributed by atoms with Gasteiger partial charge in [0.2, 0.25) is 0 Å². The fourth-order valence-corrected chi connectivity index (χ4v) is 8.25. The molecule has 3 atom stereocenters.